The topological polar surface area (TPSA) is 20.2 Å². The molecule has 0 amide bonds. The maximum atomic E-state index is 10.1. The van der Waals surface area contributed by atoms with Gasteiger partial charge in [-0.2, -0.15) is 0 Å². The van der Waals surface area contributed by atoms with Gasteiger partial charge in [-0.15, -0.1) is 11.3 Å². The lowest BCUT2D eigenvalue weighted by Crippen LogP contribution is -1.99. The molecule has 1 aromatic carbocycles. The van der Waals surface area contributed by atoms with Crippen LogP contribution >= 0.6 is 38.9 Å². The number of hydrogen-bond acceptors (Lipinski definition) is 2. The Labute approximate surface area is 118 Å². The second-order valence-corrected chi connectivity index (χ2v) is 6.52. The molecule has 1 atom stereocenters. The van der Waals surface area contributed by atoms with Gasteiger partial charge in [0.25, 0.3) is 0 Å². The van der Waals surface area contributed by atoms with Crippen molar-refractivity contribution in [3.8, 4) is 0 Å². The van der Waals surface area contributed by atoms with Gasteiger partial charge >= 0.3 is 0 Å². The molecule has 2 aromatic rings. The maximum Gasteiger partial charge on any atom is 0.107 e. The predicted molar refractivity (Wildman–Crippen MR) is 76.9 cm³/mol. The SMILES string of the molecule is Cc1ccc(CC(O)c2cc(Br)c(Cl)s2)cc1. The van der Waals surface area contributed by atoms with E-state index in [0.29, 0.717) is 10.8 Å². The summed E-state index contributed by atoms with van der Waals surface area (Å²) in [6.07, 6.45) is 0.121. The minimum atomic E-state index is -0.494. The average Bonchev–Trinajstić information content (AvgIpc) is 2.63. The van der Waals surface area contributed by atoms with E-state index in [9.17, 15) is 5.11 Å². The van der Waals surface area contributed by atoms with Crippen molar-refractivity contribution < 1.29 is 5.11 Å². The van der Waals surface area contributed by atoms with Crippen LogP contribution in [-0.4, -0.2) is 5.11 Å². The lowest BCUT2D eigenvalue weighted by Gasteiger charge is -2.08. The predicted octanol–water partition coefficient (Wildman–Crippen LogP) is 4.75. The summed E-state index contributed by atoms with van der Waals surface area (Å²) < 4.78 is 1.53. The van der Waals surface area contributed by atoms with Crippen molar-refractivity contribution in [2.24, 2.45) is 0 Å². The molecular weight excluding hydrogens is 320 g/mol. The molecule has 17 heavy (non-hydrogen) atoms. The van der Waals surface area contributed by atoms with Crippen molar-refractivity contribution in [1.29, 1.82) is 0 Å². The van der Waals surface area contributed by atoms with Crippen LogP contribution in [0.1, 0.15) is 22.1 Å². The van der Waals surface area contributed by atoms with Gasteiger partial charge in [0.05, 0.1) is 6.10 Å². The Morgan fingerprint density at radius 2 is 2.00 bits per heavy atom. The molecule has 1 heterocycles. The number of thiophene rings is 1. The molecule has 1 unspecified atom stereocenters. The fourth-order valence-electron chi connectivity index (χ4n) is 1.58. The Hall–Kier alpha value is -0.350. The zero-order valence-corrected chi connectivity index (χ0v) is 12.4. The molecule has 0 saturated heterocycles. The molecule has 0 aliphatic rings. The van der Waals surface area contributed by atoms with Crippen molar-refractivity contribution in [2.75, 3.05) is 0 Å². The molecule has 0 radical (unpaired) electrons. The van der Waals surface area contributed by atoms with Gasteiger partial charge in [-0.05, 0) is 34.5 Å². The number of halogens is 2. The van der Waals surface area contributed by atoms with E-state index in [1.807, 2.05) is 18.2 Å². The van der Waals surface area contributed by atoms with Gasteiger partial charge in [0.1, 0.15) is 4.34 Å². The summed E-state index contributed by atoms with van der Waals surface area (Å²) >= 11 is 10.7. The van der Waals surface area contributed by atoms with Crippen molar-refractivity contribution in [3.63, 3.8) is 0 Å². The van der Waals surface area contributed by atoms with Crippen molar-refractivity contribution >= 4 is 38.9 Å². The van der Waals surface area contributed by atoms with Crippen LogP contribution in [0.4, 0.5) is 0 Å². The third kappa shape index (κ3) is 3.32. The highest BCUT2D eigenvalue weighted by atomic mass is 79.9. The number of aryl methyl sites for hydroxylation is 1. The molecule has 0 aliphatic carbocycles. The van der Waals surface area contributed by atoms with Crippen LogP contribution in [0.15, 0.2) is 34.8 Å². The van der Waals surface area contributed by atoms with E-state index in [1.165, 1.54) is 16.9 Å². The van der Waals surface area contributed by atoms with Gasteiger partial charge < -0.3 is 5.11 Å². The summed E-state index contributed by atoms with van der Waals surface area (Å²) in [5, 5.41) is 10.1. The summed E-state index contributed by atoms with van der Waals surface area (Å²) in [5.74, 6) is 0. The molecule has 0 bridgehead atoms. The Kier molecular flexibility index (Phi) is 4.26. The number of hydrogen-bond donors (Lipinski definition) is 1. The summed E-state index contributed by atoms with van der Waals surface area (Å²) in [5.41, 5.74) is 2.36. The zero-order valence-electron chi connectivity index (χ0n) is 9.28. The fourth-order valence-corrected chi connectivity index (χ4v) is 3.30. The van der Waals surface area contributed by atoms with Crippen LogP contribution in [-0.2, 0) is 6.42 Å². The third-order valence-electron chi connectivity index (χ3n) is 2.54. The minimum Gasteiger partial charge on any atom is -0.387 e. The highest BCUT2D eigenvalue weighted by Gasteiger charge is 2.13. The van der Waals surface area contributed by atoms with Crippen LogP contribution in [0.2, 0.25) is 4.34 Å². The summed E-state index contributed by atoms with van der Waals surface area (Å²) in [4.78, 5) is 0.891. The molecule has 1 aromatic heterocycles. The highest BCUT2D eigenvalue weighted by molar-refractivity contribution is 9.10. The van der Waals surface area contributed by atoms with Crippen LogP contribution in [0.25, 0.3) is 0 Å². The molecule has 0 aliphatic heterocycles. The van der Waals surface area contributed by atoms with Crippen molar-refractivity contribution in [2.45, 2.75) is 19.4 Å². The normalized spacial score (nSPS) is 12.7. The molecule has 0 saturated carbocycles. The number of aliphatic hydroxyl groups is 1. The van der Waals surface area contributed by atoms with E-state index in [-0.39, 0.29) is 0 Å². The monoisotopic (exact) mass is 330 g/mol. The first kappa shape index (κ1) is 13.1. The first-order chi connectivity index (χ1) is 8.06. The molecule has 1 nitrogen and oxygen atoms in total. The van der Waals surface area contributed by atoms with Gasteiger partial charge in [0.2, 0.25) is 0 Å². The van der Waals surface area contributed by atoms with Gasteiger partial charge in [-0.25, -0.2) is 0 Å². The second-order valence-electron chi connectivity index (χ2n) is 3.98. The number of aliphatic hydroxyl groups excluding tert-OH is 1. The third-order valence-corrected chi connectivity index (χ3v) is 5.12. The molecule has 1 N–H and O–H groups in total. The van der Waals surface area contributed by atoms with Gasteiger partial charge in [-0.3, -0.25) is 0 Å². The van der Waals surface area contributed by atoms with Crippen molar-refractivity contribution in [3.05, 3.63) is 55.1 Å². The van der Waals surface area contributed by atoms with Crippen LogP contribution in [0, 0.1) is 6.92 Å². The number of benzene rings is 1. The summed E-state index contributed by atoms with van der Waals surface area (Å²) in [6.45, 7) is 2.05. The minimum absolute atomic E-state index is 0.494. The molecule has 2 rings (SSSR count). The van der Waals surface area contributed by atoms with Crippen LogP contribution in [0.5, 0.6) is 0 Å². The second kappa shape index (κ2) is 5.53. The van der Waals surface area contributed by atoms with E-state index < -0.39 is 6.10 Å². The Morgan fingerprint density at radius 1 is 1.35 bits per heavy atom. The van der Waals surface area contributed by atoms with E-state index in [1.54, 1.807) is 0 Å². The molecule has 0 fully saturated rings. The first-order valence-electron chi connectivity index (χ1n) is 5.24. The lowest BCUT2D eigenvalue weighted by molar-refractivity contribution is 0.182. The van der Waals surface area contributed by atoms with Crippen molar-refractivity contribution in [1.82, 2.24) is 0 Å². The standard InChI is InChI=1S/C13H12BrClOS/c1-8-2-4-9(5-3-8)6-11(16)12-7-10(14)13(15)17-12/h2-5,7,11,16H,6H2,1H3. The smallest absolute Gasteiger partial charge is 0.107 e. The fraction of sp³-hybridized carbons (Fsp3) is 0.231. The van der Waals surface area contributed by atoms with Crippen LogP contribution in [0.3, 0.4) is 0 Å². The molecule has 90 valence electrons. The summed E-state index contributed by atoms with van der Waals surface area (Å²) in [7, 11) is 0. The Bertz CT molecular complexity index is 487. The lowest BCUT2D eigenvalue weighted by atomic mass is 10.1. The quantitative estimate of drug-likeness (QED) is 0.860. The van der Waals surface area contributed by atoms with Crippen LogP contribution < -0.4 is 0 Å². The van der Waals surface area contributed by atoms with E-state index in [2.05, 4.69) is 35.0 Å². The van der Waals surface area contributed by atoms with Gasteiger partial charge in [0, 0.05) is 15.8 Å². The highest BCUT2D eigenvalue weighted by Crippen LogP contribution is 2.36. The number of rotatable bonds is 3. The van der Waals surface area contributed by atoms with E-state index in [4.69, 9.17) is 11.6 Å². The van der Waals surface area contributed by atoms with Gasteiger partial charge in [-0.1, -0.05) is 41.4 Å². The Balaban J connectivity index is 2.11. The summed E-state index contributed by atoms with van der Waals surface area (Å²) in [6, 6.07) is 10.1. The molecular formula is C13H12BrClOS. The maximum absolute atomic E-state index is 10.1. The zero-order chi connectivity index (χ0) is 12.4. The van der Waals surface area contributed by atoms with Gasteiger partial charge in [0.15, 0.2) is 0 Å². The largest absolute Gasteiger partial charge is 0.387 e. The average molecular weight is 332 g/mol. The molecule has 4 heteroatoms. The molecule has 0 spiro atoms. The Morgan fingerprint density at radius 3 is 2.53 bits per heavy atom. The van der Waals surface area contributed by atoms with E-state index >= 15 is 0 Å². The van der Waals surface area contributed by atoms with E-state index in [0.717, 1.165) is 14.9 Å². The first-order valence-corrected chi connectivity index (χ1v) is 7.23.